The maximum absolute atomic E-state index is 13.6. The number of carboxylic acids is 1. The molecule has 7 nitrogen and oxygen atoms in total. The summed E-state index contributed by atoms with van der Waals surface area (Å²) in [5.41, 5.74) is 3.03. The molecule has 32 heavy (non-hydrogen) atoms. The summed E-state index contributed by atoms with van der Waals surface area (Å²) in [4.78, 5) is 26.1. The number of Topliss-reactive ketones (excluding diaryl/α,β-unsaturated/α-hetero) is 1. The molecule has 0 bridgehead atoms. The fraction of sp³-hybridized carbons (Fsp3) is 0.130. The first kappa shape index (κ1) is 20.3. The summed E-state index contributed by atoms with van der Waals surface area (Å²) in [5, 5.41) is 14.0. The van der Waals surface area contributed by atoms with Crippen LogP contribution in [0.5, 0.6) is 11.5 Å². The standard InChI is InChI=1S/C23H16N2O5S2/c26-22(15-2-4-19-20(11-15)30-7-6-29-19)16(9-13-5-8-31-12-13)21(23(27)28)14-1-3-17-18(10-14)25-32-24-17/h1-5,8,10-12H,6-7,9H2,(H,27,28). The Morgan fingerprint density at radius 1 is 0.938 bits per heavy atom. The summed E-state index contributed by atoms with van der Waals surface area (Å²) >= 11 is 2.55. The number of nitrogens with zero attached hydrogens (tertiary/aromatic N) is 2. The first-order valence-electron chi connectivity index (χ1n) is 9.75. The van der Waals surface area contributed by atoms with Crippen molar-refractivity contribution < 1.29 is 24.2 Å². The van der Waals surface area contributed by atoms with Gasteiger partial charge in [-0.2, -0.15) is 20.1 Å². The van der Waals surface area contributed by atoms with Crippen molar-refractivity contribution >= 4 is 51.4 Å². The molecule has 0 unspecified atom stereocenters. The molecule has 1 aliphatic heterocycles. The van der Waals surface area contributed by atoms with Crippen LogP contribution in [-0.2, 0) is 11.2 Å². The second-order valence-electron chi connectivity index (χ2n) is 7.12. The fourth-order valence-corrected chi connectivity index (χ4v) is 4.79. The lowest BCUT2D eigenvalue weighted by Gasteiger charge is -2.19. The Bertz CT molecular complexity index is 1360. The number of carbonyl (C=O) groups excluding carboxylic acids is 1. The maximum atomic E-state index is 13.6. The minimum atomic E-state index is -1.18. The zero-order chi connectivity index (χ0) is 22.1. The summed E-state index contributed by atoms with van der Waals surface area (Å²) in [6.45, 7) is 0.838. The molecule has 0 atom stereocenters. The van der Waals surface area contributed by atoms with Gasteiger partial charge in [0.2, 0.25) is 0 Å². The van der Waals surface area contributed by atoms with Gasteiger partial charge in [0.05, 0.1) is 17.3 Å². The zero-order valence-electron chi connectivity index (χ0n) is 16.6. The lowest BCUT2D eigenvalue weighted by molar-refractivity contribution is -0.130. The van der Waals surface area contributed by atoms with Gasteiger partial charge in [-0.3, -0.25) is 4.79 Å². The smallest absolute Gasteiger partial charge is 0.336 e. The van der Waals surface area contributed by atoms with Crippen molar-refractivity contribution in [1.82, 2.24) is 8.75 Å². The number of fused-ring (bicyclic) bond motifs is 2. The molecule has 3 heterocycles. The van der Waals surface area contributed by atoms with E-state index in [2.05, 4.69) is 8.75 Å². The van der Waals surface area contributed by atoms with Crippen LogP contribution in [0, 0.1) is 0 Å². The van der Waals surface area contributed by atoms with Gasteiger partial charge in [0.15, 0.2) is 17.3 Å². The lowest BCUT2D eigenvalue weighted by Crippen LogP contribution is -2.17. The molecule has 2 aromatic carbocycles. The second-order valence-corrected chi connectivity index (χ2v) is 8.43. The van der Waals surface area contributed by atoms with E-state index in [1.165, 1.54) is 11.3 Å². The molecule has 0 saturated carbocycles. The number of ketones is 1. The van der Waals surface area contributed by atoms with Crippen LogP contribution in [0.15, 0.2) is 58.8 Å². The predicted molar refractivity (Wildman–Crippen MR) is 122 cm³/mol. The Labute approximate surface area is 190 Å². The number of carboxylic acid groups (broad SMARTS) is 1. The van der Waals surface area contributed by atoms with E-state index in [1.54, 1.807) is 36.4 Å². The molecular formula is C23H16N2O5S2. The largest absolute Gasteiger partial charge is 0.486 e. The van der Waals surface area contributed by atoms with Crippen LogP contribution < -0.4 is 9.47 Å². The summed E-state index contributed by atoms with van der Waals surface area (Å²) in [6.07, 6.45) is 0.186. The molecule has 0 spiro atoms. The molecule has 1 N–H and O–H groups in total. The molecule has 0 radical (unpaired) electrons. The van der Waals surface area contributed by atoms with E-state index in [9.17, 15) is 14.7 Å². The number of thiophene rings is 1. The van der Waals surface area contributed by atoms with Gasteiger partial charge in [-0.15, -0.1) is 0 Å². The summed E-state index contributed by atoms with van der Waals surface area (Å²) in [5.74, 6) is -0.509. The predicted octanol–water partition coefficient (Wildman–Crippen LogP) is 4.49. The van der Waals surface area contributed by atoms with Crippen molar-refractivity contribution in [2.75, 3.05) is 13.2 Å². The first-order valence-corrected chi connectivity index (χ1v) is 11.4. The molecule has 0 amide bonds. The van der Waals surface area contributed by atoms with Crippen LogP contribution in [0.4, 0.5) is 0 Å². The maximum Gasteiger partial charge on any atom is 0.336 e. The molecule has 160 valence electrons. The van der Waals surface area contributed by atoms with Crippen LogP contribution in [0.2, 0.25) is 0 Å². The molecular weight excluding hydrogens is 448 g/mol. The van der Waals surface area contributed by atoms with Crippen molar-refractivity contribution in [3.63, 3.8) is 0 Å². The number of ether oxygens (including phenoxy) is 2. The average molecular weight is 465 g/mol. The van der Waals surface area contributed by atoms with Crippen molar-refractivity contribution in [1.29, 1.82) is 0 Å². The topological polar surface area (TPSA) is 98.6 Å². The third-order valence-corrected chi connectivity index (χ3v) is 6.39. The van der Waals surface area contributed by atoms with E-state index in [-0.39, 0.29) is 23.4 Å². The Morgan fingerprint density at radius 2 is 1.72 bits per heavy atom. The van der Waals surface area contributed by atoms with Gasteiger partial charge in [0.25, 0.3) is 0 Å². The van der Waals surface area contributed by atoms with Crippen molar-refractivity contribution in [2.24, 2.45) is 0 Å². The summed E-state index contributed by atoms with van der Waals surface area (Å²) in [7, 11) is 0. The highest BCUT2D eigenvalue weighted by Gasteiger charge is 2.25. The summed E-state index contributed by atoms with van der Waals surface area (Å²) < 4.78 is 19.5. The molecule has 1 aliphatic rings. The number of hydrogen-bond acceptors (Lipinski definition) is 8. The molecule has 0 aliphatic carbocycles. The molecule has 2 aromatic heterocycles. The Kier molecular flexibility index (Phi) is 5.42. The normalized spacial score (nSPS) is 13.6. The van der Waals surface area contributed by atoms with E-state index < -0.39 is 5.97 Å². The minimum absolute atomic E-state index is 0.0500. The number of benzene rings is 2. The molecule has 9 heteroatoms. The van der Waals surface area contributed by atoms with Gasteiger partial charge in [-0.25, -0.2) is 4.79 Å². The van der Waals surface area contributed by atoms with Gasteiger partial charge < -0.3 is 14.6 Å². The number of rotatable bonds is 6. The van der Waals surface area contributed by atoms with Crippen molar-refractivity contribution in [3.8, 4) is 11.5 Å². The van der Waals surface area contributed by atoms with Gasteiger partial charge in [0.1, 0.15) is 24.2 Å². The summed E-state index contributed by atoms with van der Waals surface area (Å²) in [6, 6.07) is 11.8. The SMILES string of the molecule is O=C(O)C(=C(Cc1ccsc1)C(=O)c1ccc2c(c1)OCCO2)c1ccc2nsnc2c1. The monoisotopic (exact) mass is 464 g/mol. The number of allylic oxidation sites excluding steroid dienone is 1. The first-order chi connectivity index (χ1) is 15.6. The van der Waals surface area contributed by atoms with E-state index in [0.717, 1.165) is 17.3 Å². The van der Waals surface area contributed by atoms with E-state index in [1.807, 2.05) is 16.8 Å². The van der Waals surface area contributed by atoms with Gasteiger partial charge >= 0.3 is 5.97 Å². The molecule has 0 saturated heterocycles. The van der Waals surface area contributed by atoms with Gasteiger partial charge in [-0.05, 0) is 58.3 Å². The number of hydrogen-bond donors (Lipinski definition) is 1. The van der Waals surface area contributed by atoms with Crippen LogP contribution >= 0.6 is 23.1 Å². The highest BCUT2D eigenvalue weighted by atomic mass is 32.1. The highest BCUT2D eigenvalue weighted by Crippen LogP contribution is 2.33. The van der Waals surface area contributed by atoms with E-state index >= 15 is 0 Å². The van der Waals surface area contributed by atoms with Crippen LogP contribution in [0.3, 0.4) is 0 Å². The van der Waals surface area contributed by atoms with Gasteiger partial charge in [-0.1, -0.05) is 6.07 Å². The third-order valence-electron chi connectivity index (χ3n) is 5.10. The molecule has 4 aromatic rings. The Morgan fingerprint density at radius 3 is 2.50 bits per heavy atom. The fourth-order valence-electron chi connectivity index (χ4n) is 3.60. The second kappa shape index (κ2) is 8.52. The van der Waals surface area contributed by atoms with Crippen LogP contribution in [0.25, 0.3) is 16.6 Å². The zero-order valence-corrected chi connectivity index (χ0v) is 18.2. The Hall–Kier alpha value is -3.56. The number of aromatic nitrogens is 2. The Balaban J connectivity index is 1.66. The van der Waals surface area contributed by atoms with E-state index in [0.29, 0.717) is 46.9 Å². The minimum Gasteiger partial charge on any atom is -0.486 e. The van der Waals surface area contributed by atoms with Crippen LogP contribution in [0.1, 0.15) is 21.5 Å². The van der Waals surface area contributed by atoms with Gasteiger partial charge in [0, 0.05) is 17.6 Å². The molecule has 0 fully saturated rings. The number of aliphatic carboxylic acids is 1. The highest BCUT2D eigenvalue weighted by molar-refractivity contribution is 7.08. The lowest BCUT2D eigenvalue weighted by atomic mass is 9.90. The number of carbonyl (C=O) groups is 2. The molecule has 5 rings (SSSR count). The van der Waals surface area contributed by atoms with Crippen LogP contribution in [-0.4, -0.2) is 38.8 Å². The third kappa shape index (κ3) is 3.88. The van der Waals surface area contributed by atoms with Crippen molar-refractivity contribution in [3.05, 3.63) is 75.5 Å². The van der Waals surface area contributed by atoms with Crippen molar-refractivity contribution in [2.45, 2.75) is 6.42 Å². The van der Waals surface area contributed by atoms with E-state index in [4.69, 9.17) is 9.47 Å². The average Bonchev–Trinajstić information content (AvgIpc) is 3.49. The quantitative estimate of drug-likeness (QED) is 0.332.